The van der Waals surface area contributed by atoms with E-state index in [0.29, 0.717) is 18.4 Å². The van der Waals surface area contributed by atoms with Crippen LogP contribution in [0.4, 0.5) is 0 Å². The van der Waals surface area contributed by atoms with E-state index in [4.69, 9.17) is 5.73 Å². The first kappa shape index (κ1) is 10.4. The van der Waals surface area contributed by atoms with Crippen molar-refractivity contribution < 1.29 is 5.11 Å². The van der Waals surface area contributed by atoms with E-state index < -0.39 is 5.60 Å². The van der Waals surface area contributed by atoms with Crippen molar-refractivity contribution in [1.29, 1.82) is 0 Å². The molecule has 14 heavy (non-hydrogen) atoms. The van der Waals surface area contributed by atoms with E-state index in [0.717, 1.165) is 5.92 Å². The van der Waals surface area contributed by atoms with Crippen molar-refractivity contribution in [2.75, 3.05) is 6.54 Å². The summed E-state index contributed by atoms with van der Waals surface area (Å²) < 4.78 is 0. The van der Waals surface area contributed by atoms with Gasteiger partial charge in [0.15, 0.2) is 0 Å². The SMILES string of the molecule is CC1CCC(C(O)(CN)C2CC2)CC1. The fraction of sp³-hybridized carbons (Fsp3) is 1.00. The van der Waals surface area contributed by atoms with Crippen LogP contribution in [0.25, 0.3) is 0 Å². The van der Waals surface area contributed by atoms with Crippen molar-refractivity contribution in [3.63, 3.8) is 0 Å². The van der Waals surface area contributed by atoms with Gasteiger partial charge in [-0.3, -0.25) is 0 Å². The summed E-state index contributed by atoms with van der Waals surface area (Å²) in [5.41, 5.74) is 5.25. The van der Waals surface area contributed by atoms with Crippen LogP contribution in [0.3, 0.4) is 0 Å². The Morgan fingerprint density at radius 2 is 1.50 bits per heavy atom. The van der Waals surface area contributed by atoms with Gasteiger partial charge in [0, 0.05) is 6.54 Å². The molecule has 3 N–H and O–H groups in total. The lowest BCUT2D eigenvalue weighted by Crippen LogP contribution is -2.48. The van der Waals surface area contributed by atoms with E-state index in [-0.39, 0.29) is 0 Å². The van der Waals surface area contributed by atoms with Crippen LogP contribution in [0, 0.1) is 17.8 Å². The van der Waals surface area contributed by atoms with Crippen LogP contribution < -0.4 is 5.73 Å². The number of hydrogen-bond acceptors (Lipinski definition) is 2. The second kappa shape index (κ2) is 3.82. The molecule has 2 nitrogen and oxygen atoms in total. The summed E-state index contributed by atoms with van der Waals surface area (Å²) in [6, 6.07) is 0. The van der Waals surface area contributed by atoms with Gasteiger partial charge >= 0.3 is 0 Å². The molecule has 2 rings (SSSR count). The normalized spacial score (nSPS) is 37.9. The average molecular weight is 197 g/mol. The van der Waals surface area contributed by atoms with Gasteiger partial charge in [0.05, 0.1) is 5.60 Å². The number of rotatable bonds is 3. The lowest BCUT2D eigenvalue weighted by molar-refractivity contribution is -0.0483. The molecule has 1 unspecified atom stereocenters. The lowest BCUT2D eigenvalue weighted by Gasteiger charge is -2.39. The monoisotopic (exact) mass is 197 g/mol. The minimum atomic E-state index is -0.514. The molecule has 2 aliphatic rings. The quantitative estimate of drug-likeness (QED) is 0.726. The number of hydrogen-bond donors (Lipinski definition) is 2. The molecular weight excluding hydrogens is 174 g/mol. The highest BCUT2D eigenvalue weighted by molar-refractivity contribution is 5.00. The summed E-state index contributed by atoms with van der Waals surface area (Å²) in [5, 5.41) is 10.5. The maximum atomic E-state index is 10.5. The first-order chi connectivity index (χ1) is 6.66. The molecule has 0 aromatic heterocycles. The van der Waals surface area contributed by atoms with Crippen LogP contribution in [0.2, 0.25) is 0 Å². The predicted molar refractivity (Wildman–Crippen MR) is 57.9 cm³/mol. The van der Waals surface area contributed by atoms with Gasteiger partial charge in [0.1, 0.15) is 0 Å². The van der Waals surface area contributed by atoms with Crippen molar-refractivity contribution in [3.8, 4) is 0 Å². The van der Waals surface area contributed by atoms with Gasteiger partial charge in [-0.2, -0.15) is 0 Å². The molecule has 0 aliphatic heterocycles. The first-order valence-corrected chi connectivity index (χ1v) is 6.09. The largest absolute Gasteiger partial charge is 0.388 e. The smallest absolute Gasteiger partial charge is 0.0825 e. The van der Waals surface area contributed by atoms with Crippen LogP contribution in [0.5, 0.6) is 0 Å². The van der Waals surface area contributed by atoms with Crippen LogP contribution in [-0.4, -0.2) is 17.3 Å². The van der Waals surface area contributed by atoms with Crippen LogP contribution in [0.1, 0.15) is 45.4 Å². The van der Waals surface area contributed by atoms with E-state index >= 15 is 0 Å². The second-order valence-electron chi connectivity index (χ2n) is 5.43. The Bertz CT molecular complexity index is 194. The van der Waals surface area contributed by atoms with Gasteiger partial charge in [-0.25, -0.2) is 0 Å². The third-order valence-electron chi connectivity index (χ3n) is 4.33. The molecule has 0 heterocycles. The molecule has 1 atom stereocenters. The highest BCUT2D eigenvalue weighted by Gasteiger charge is 2.48. The van der Waals surface area contributed by atoms with Crippen molar-refractivity contribution in [2.24, 2.45) is 23.5 Å². The van der Waals surface area contributed by atoms with Crippen molar-refractivity contribution in [2.45, 2.75) is 51.0 Å². The van der Waals surface area contributed by atoms with Crippen molar-refractivity contribution >= 4 is 0 Å². The van der Waals surface area contributed by atoms with Crippen LogP contribution in [-0.2, 0) is 0 Å². The van der Waals surface area contributed by atoms with Gasteiger partial charge in [0.2, 0.25) is 0 Å². The standard InChI is InChI=1S/C12H23NO/c1-9-2-4-10(5-3-9)12(14,8-13)11-6-7-11/h9-11,14H,2-8,13H2,1H3. The molecule has 0 saturated heterocycles. The Hall–Kier alpha value is -0.0800. The third-order valence-corrected chi connectivity index (χ3v) is 4.33. The van der Waals surface area contributed by atoms with Gasteiger partial charge in [-0.15, -0.1) is 0 Å². The molecule has 0 bridgehead atoms. The zero-order chi connectivity index (χ0) is 10.2. The molecule has 0 spiro atoms. The fourth-order valence-electron chi connectivity index (χ4n) is 3.01. The average Bonchev–Trinajstić information content (AvgIpc) is 3.01. The Labute approximate surface area is 86.9 Å². The summed E-state index contributed by atoms with van der Waals surface area (Å²) in [4.78, 5) is 0. The third kappa shape index (κ3) is 1.82. The molecule has 82 valence electrons. The van der Waals surface area contributed by atoms with E-state index in [9.17, 15) is 5.11 Å². The lowest BCUT2D eigenvalue weighted by atomic mass is 9.72. The Balaban J connectivity index is 1.97. The maximum absolute atomic E-state index is 10.5. The molecule has 0 aromatic carbocycles. The summed E-state index contributed by atoms with van der Waals surface area (Å²) in [7, 11) is 0. The summed E-state index contributed by atoms with van der Waals surface area (Å²) in [6.45, 7) is 2.78. The molecule has 2 fully saturated rings. The van der Waals surface area contributed by atoms with Gasteiger partial charge < -0.3 is 10.8 Å². The highest BCUT2D eigenvalue weighted by atomic mass is 16.3. The van der Waals surface area contributed by atoms with E-state index in [2.05, 4.69) is 6.92 Å². The van der Waals surface area contributed by atoms with Crippen molar-refractivity contribution in [3.05, 3.63) is 0 Å². The molecule has 0 aromatic rings. The van der Waals surface area contributed by atoms with Gasteiger partial charge in [-0.1, -0.05) is 19.8 Å². The summed E-state index contributed by atoms with van der Waals surface area (Å²) in [5.74, 6) is 1.86. The fourth-order valence-corrected chi connectivity index (χ4v) is 3.01. The zero-order valence-corrected chi connectivity index (χ0v) is 9.21. The van der Waals surface area contributed by atoms with E-state index in [1.165, 1.54) is 38.5 Å². The Kier molecular flexibility index (Phi) is 2.85. The summed E-state index contributed by atoms with van der Waals surface area (Å²) in [6.07, 6.45) is 7.32. The maximum Gasteiger partial charge on any atom is 0.0825 e. The zero-order valence-electron chi connectivity index (χ0n) is 9.21. The topological polar surface area (TPSA) is 46.2 Å². The van der Waals surface area contributed by atoms with E-state index in [1.807, 2.05) is 0 Å². The van der Waals surface area contributed by atoms with Crippen LogP contribution >= 0.6 is 0 Å². The molecule has 2 heteroatoms. The highest BCUT2D eigenvalue weighted by Crippen LogP contribution is 2.47. The number of aliphatic hydroxyl groups is 1. The molecule has 2 saturated carbocycles. The first-order valence-electron chi connectivity index (χ1n) is 6.09. The van der Waals surface area contributed by atoms with E-state index in [1.54, 1.807) is 0 Å². The molecule has 2 aliphatic carbocycles. The Morgan fingerprint density at radius 1 is 1.07 bits per heavy atom. The molecule has 0 amide bonds. The number of nitrogens with two attached hydrogens (primary N) is 1. The van der Waals surface area contributed by atoms with Gasteiger partial charge in [-0.05, 0) is 43.4 Å². The minimum absolute atomic E-state index is 0.469. The predicted octanol–water partition coefficient (Wildman–Crippen LogP) is 1.91. The second-order valence-corrected chi connectivity index (χ2v) is 5.43. The van der Waals surface area contributed by atoms with Crippen LogP contribution in [0.15, 0.2) is 0 Å². The molecule has 0 radical (unpaired) electrons. The minimum Gasteiger partial charge on any atom is -0.388 e. The van der Waals surface area contributed by atoms with Gasteiger partial charge in [0.25, 0.3) is 0 Å². The summed E-state index contributed by atoms with van der Waals surface area (Å²) >= 11 is 0. The molecular formula is C12H23NO. The Morgan fingerprint density at radius 3 is 1.86 bits per heavy atom. The van der Waals surface area contributed by atoms with Crippen molar-refractivity contribution in [1.82, 2.24) is 0 Å².